The number of aliphatic hydroxyl groups is 1. The molecule has 1 aliphatic rings. The number of nitrogens with zero attached hydrogens (tertiary/aromatic N) is 1. The Hall–Kier alpha value is -1.42. The fraction of sp³-hybridized carbons (Fsp3) is 0.462. The first-order valence-electron chi connectivity index (χ1n) is 5.81. The molecule has 1 fully saturated rings. The number of β-amino-alcohol motifs (C(OH)–C–C–N with tert-alkyl or cyclic N) is 1. The fourth-order valence-electron chi connectivity index (χ4n) is 2.10. The molecule has 1 aromatic rings. The number of aryl methyl sites for hydroxylation is 1. The van der Waals surface area contributed by atoms with Gasteiger partial charge in [0.25, 0.3) is 5.91 Å². The second-order valence-corrected chi connectivity index (χ2v) is 4.51. The van der Waals surface area contributed by atoms with Gasteiger partial charge < -0.3 is 10.0 Å². The van der Waals surface area contributed by atoms with Crippen LogP contribution in [0.25, 0.3) is 0 Å². The molecule has 0 aliphatic carbocycles. The first-order chi connectivity index (χ1) is 8.08. The molecule has 1 saturated heterocycles. The van der Waals surface area contributed by atoms with Crippen LogP contribution in [0, 0.1) is 12.7 Å². The first-order valence-corrected chi connectivity index (χ1v) is 5.81. The third-order valence-electron chi connectivity index (χ3n) is 3.09. The summed E-state index contributed by atoms with van der Waals surface area (Å²) < 4.78 is 13.1. The zero-order valence-electron chi connectivity index (χ0n) is 9.82. The smallest absolute Gasteiger partial charge is 0.253 e. The van der Waals surface area contributed by atoms with Crippen molar-refractivity contribution in [1.82, 2.24) is 4.90 Å². The minimum Gasteiger partial charge on any atom is -0.391 e. The molecule has 1 N–H and O–H groups in total. The van der Waals surface area contributed by atoms with Gasteiger partial charge in [0, 0.05) is 18.7 Å². The van der Waals surface area contributed by atoms with E-state index in [1.165, 1.54) is 12.1 Å². The second-order valence-electron chi connectivity index (χ2n) is 4.51. The van der Waals surface area contributed by atoms with Gasteiger partial charge in [0.2, 0.25) is 0 Å². The van der Waals surface area contributed by atoms with Crippen molar-refractivity contribution in [3.63, 3.8) is 0 Å². The average Bonchev–Trinajstić information content (AvgIpc) is 2.32. The van der Waals surface area contributed by atoms with Crippen LogP contribution in [0.3, 0.4) is 0 Å². The predicted molar refractivity (Wildman–Crippen MR) is 62.3 cm³/mol. The summed E-state index contributed by atoms with van der Waals surface area (Å²) in [6, 6.07) is 4.35. The van der Waals surface area contributed by atoms with E-state index in [-0.39, 0.29) is 11.7 Å². The summed E-state index contributed by atoms with van der Waals surface area (Å²) in [5.74, 6) is -0.438. The van der Waals surface area contributed by atoms with Crippen molar-refractivity contribution in [3.05, 3.63) is 35.1 Å². The highest BCUT2D eigenvalue weighted by Crippen LogP contribution is 2.15. The number of likely N-dealkylation sites (tertiary alicyclic amines) is 1. The third-order valence-corrected chi connectivity index (χ3v) is 3.09. The number of halogens is 1. The van der Waals surface area contributed by atoms with Gasteiger partial charge in [-0.05, 0) is 43.5 Å². The van der Waals surface area contributed by atoms with Crippen molar-refractivity contribution in [2.24, 2.45) is 0 Å². The van der Waals surface area contributed by atoms with Gasteiger partial charge in [0.05, 0.1) is 6.10 Å². The van der Waals surface area contributed by atoms with Crippen LogP contribution in [0.1, 0.15) is 28.8 Å². The van der Waals surface area contributed by atoms with E-state index in [4.69, 9.17) is 0 Å². The van der Waals surface area contributed by atoms with Crippen LogP contribution in [-0.2, 0) is 0 Å². The van der Waals surface area contributed by atoms with Crippen LogP contribution in [-0.4, -0.2) is 35.1 Å². The molecule has 0 bridgehead atoms. The number of carbonyl (C=O) groups excluding carboxylic acids is 1. The Bertz CT molecular complexity index is 433. The highest BCUT2D eigenvalue weighted by atomic mass is 19.1. The fourth-order valence-corrected chi connectivity index (χ4v) is 2.10. The SMILES string of the molecule is Cc1cc(C(=O)N2CCCC(O)C2)ccc1F. The van der Waals surface area contributed by atoms with Gasteiger partial charge in [-0.1, -0.05) is 0 Å². The first kappa shape index (κ1) is 12.0. The molecule has 0 spiro atoms. The molecule has 3 nitrogen and oxygen atoms in total. The molecular formula is C13H16FNO2. The maximum atomic E-state index is 13.1. The standard InChI is InChI=1S/C13H16FNO2/c1-9-7-10(4-5-12(9)14)13(17)15-6-2-3-11(16)8-15/h4-5,7,11,16H,2-3,6,8H2,1H3. The lowest BCUT2D eigenvalue weighted by Crippen LogP contribution is -2.42. The monoisotopic (exact) mass is 237 g/mol. The van der Waals surface area contributed by atoms with Gasteiger partial charge >= 0.3 is 0 Å². The molecule has 0 saturated carbocycles. The van der Waals surface area contributed by atoms with Crippen molar-refractivity contribution in [2.75, 3.05) is 13.1 Å². The molecule has 1 aliphatic heterocycles. The number of amides is 1. The number of carbonyl (C=O) groups is 1. The van der Waals surface area contributed by atoms with E-state index < -0.39 is 6.10 Å². The normalized spacial score (nSPS) is 20.4. The number of rotatable bonds is 1. The lowest BCUT2D eigenvalue weighted by Gasteiger charge is -2.30. The van der Waals surface area contributed by atoms with E-state index in [0.717, 1.165) is 12.8 Å². The topological polar surface area (TPSA) is 40.5 Å². The zero-order valence-corrected chi connectivity index (χ0v) is 9.82. The zero-order chi connectivity index (χ0) is 12.4. The molecule has 92 valence electrons. The number of piperidine rings is 1. The summed E-state index contributed by atoms with van der Waals surface area (Å²) in [6.07, 6.45) is 1.12. The van der Waals surface area contributed by atoms with Crippen LogP contribution >= 0.6 is 0 Å². The van der Waals surface area contributed by atoms with Gasteiger partial charge in [-0.2, -0.15) is 0 Å². The Morgan fingerprint density at radius 2 is 2.29 bits per heavy atom. The van der Waals surface area contributed by atoms with Gasteiger partial charge in [-0.25, -0.2) is 4.39 Å². The number of benzene rings is 1. The Morgan fingerprint density at radius 1 is 1.53 bits per heavy atom. The van der Waals surface area contributed by atoms with Crippen LogP contribution in [0.5, 0.6) is 0 Å². The highest BCUT2D eigenvalue weighted by molar-refractivity contribution is 5.94. The van der Waals surface area contributed by atoms with E-state index in [0.29, 0.717) is 24.2 Å². The van der Waals surface area contributed by atoms with E-state index in [1.54, 1.807) is 17.9 Å². The Kier molecular flexibility index (Phi) is 3.43. The van der Waals surface area contributed by atoms with Crippen molar-refractivity contribution >= 4 is 5.91 Å². The van der Waals surface area contributed by atoms with Crippen molar-refractivity contribution in [2.45, 2.75) is 25.9 Å². The summed E-state index contributed by atoms with van der Waals surface area (Å²) >= 11 is 0. The number of hydrogen-bond donors (Lipinski definition) is 1. The average molecular weight is 237 g/mol. The number of aliphatic hydroxyl groups excluding tert-OH is 1. The minimum atomic E-state index is -0.436. The second kappa shape index (κ2) is 4.84. The van der Waals surface area contributed by atoms with Crippen molar-refractivity contribution < 1.29 is 14.3 Å². The van der Waals surface area contributed by atoms with Gasteiger partial charge in [-0.15, -0.1) is 0 Å². The van der Waals surface area contributed by atoms with E-state index >= 15 is 0 Å². The van der Waals surface area contributed by atoms with Crippen LogP contribution in [0.15, 0.2) is 18.2 Å². The molecule has 2 rings (SSSR count). The van der Waals surface area contributed by atoms with E-state index in [2.05, 4.69) is 0 Å². The molecule has 1 heterocycles. The van der Waals surface area contributed by atoms with E-state index in [9.17, 15) is 14.3 Å². The highest BCUT2D eigenvalue weighted by Gasteiger charge is 2.23. The third kappa shape index (κ3) is 2.64. The molecule has 1 aromatic carbocycles. The van der Waals surface area contributed by atoms with Gasteiger partial charge in [0.15, 0.2) is 0 Å². The molecule has 1 unspecified atom stereocenters. The summed E-state index contributed by atoms with van der Waals surface area (Å²) in [7, 11) is 0. The van der Waals surface area contributed by atoms with E-state index in [1.807, 2.05) is 0 Å². The molecule has 1 amide bonds. The predicted octanol–water partition coefficient (Wildman–Crippen LogP) is 1.73. The maximum Gasteiger partial charge on any atom is 0.253 e. The largest absolute Gasteiger partial charge is 0.391 e. The molecule has 0 aromatic heterocycles. The lowest BCUT2D eigenvalue weighted by atomic mass is 10.1. The number of hydrogen-bond acceptors (Lipinski definition) is 2. The van der Waals surface area contributed by atoms with Gasteiger partial charge in [0.1, 0.15) is 5.82 Å². The van der Waals surface area contributed by atoms with Crippen molar-refractivity contribution in [3.8, 4) is 0 Å². The Morgan fingerprint density at radius 3 is 2.94 bits per heavy atom. The quantitative estimate of drug-likeness (QED) is 0.808. The summed E-state index contributed by atoms with van der Waals surface area (Å²) in [4.78, 5) is 13.7. The van der Waals surface area contributed by atoms with Crippen LogP contribution < -0.4 is 0 Å². The van der Waals surface area contributed by atoms with Crippen molar-refractivity contribution in [1.29, 1.82) is 0 Å². The molecule has 0 radical (unpaired) electrons. The Balaban J connectivity index is 2.15. The Labute approximate surface area is 99.9 Å². The maximum absolute atomic E-state index is 13.1. The molecular weight excluding hydrogens is 221 g/mol. The van der Waals surface area contributed by atoms with Crippen LogP contribution in [0.4, 0.5) is 4.39 Å². The van der Waals surface area contributed by atoms with Crippen LogP contribution in [0.2, 0.25) is 0 Å². The summed E-state index contributed by atoms with van der Waals surface area (Å²) in [5, 5.41) is 9.52. The minimum absolute atomic E-state index is 0.133. The lowest BCUT2D eigenvalue weighted by molar-refractivity contribution is 0.0473. The molecule has 4 heteroatoms. The summed E-state index contributed by atoms with van der Waals surface area (Å²) in [6.45, 7) is 2.67. The molecule has 17 heavy (non-hydrogen) atoms. The van der Waals surface area contributed by atoms with Gasteiger partial charge in [-0.3, -0.25) is 4.79 Å². The molecule has 1 atom stereocenters. The summed E-state index contributed by atoms with van der Waals surface area (Å²) in [5.41, 5.74) is 0.950.